The van der Waals surface area contributed by atoms with E-state index in [9.17, 15) is 0 Å². The van der Waals surface area contributed by atoms with Crippen molar-refractivity contribution in [3.63, 3.8) is 0 Å². The van der Waals surface area contributed by atoms with E-state index in [2.05, 4.69) is 39.8 Å². The van der Waals surface area contributed by atoms with Gasteiger partial charge in [-0.1, -0.05) is 34.4 Å². The number of hydrogen-bond donors (Lipinski definition) is 0. The summed E-state index contributed by atoms with van der Waals surface area (Å²) in [6, 6.07) is 0. The Balaban J connectivity index is 2.29. The zero-order chi connectivity index (χ0) is 11.7. The first kappa shape index (κ1) is 11.4. The minimum absolute atomic E-state index is 1.24. The first-order chi connectivity index (χ1) is 7.58. The maximum Gasteiger partial charge on any atom is -0.0239 e. The van der Waals surface area contributed by atoms with Crippen molar-refractivity contribution in [1.82, 2.24) is 0 Å². The summed E-state index contributed by atoms with van der Waals surface area (Å²) >= 11 is 0. The molecule has 2 aliphatic rings. The third-order valence-corrected chi connectivity index (χ3v) is 4.08. The monoisotopic (exact) mass is 214 g/mol. The summed E-state index contributed by atoms with van der Waals surface area (Å²) in [7, 11) is 0. The molecular weight excluding hydrogens is 192 g/mol. The third kappa shape index (κ3) is 2.21. The Hall–Kier alpha value is -1.04. The van der Waals surface area contributed by atoms with Gasteiger partial charge in [0.25, 0.3) is 0 Å². The molecule has 0 saturated heterocycles. The van der Waals surface area contributed by atoms with Crippen molar-refractivity contribution in [3.05, 3.63) is 45.6 Å². The highest BCUT2D eigenvalue weighted by Gasteiger charge is 2.14. The van der Waals surface area contributed by atoms with Gasteiger partial charge in [0, 0.05) is 0 Å². The molecule has 0 fully saturated rings. The van der Waals surface area contributed by atoms with Gasteiger partial charge in [-0.2, -0.15) is 0 Å². The molecule has 2 rings (SSSR count). The summed E-state index contributed by atoms with van der Waals surface area (Å²) < 4.78 is 0. The molecule has 0 nitrogen and oxygen atoms in total. The molecule has 86 valence electrons. The van der Waals surface area contributed by atoms with Crippen LogP contribution in [0.3, 0.4) is 0 Å². The molecule has 0 aromatic heterocycles. The Labute approximate surface area is 99.4 Å². The fourth-order valence-electron chi connectivity index (χ4n) is 2.46. The van der Waals surface area contributed by atoms with Crippen LogP contribution in [-0.4, -0.2) is 0 Å². The van der Waals surface area contributed by atoms with Gasteiger partial charge in [0.1, 0.15) is 0 Å². The third-order valence-electron chi connectivity index (χ3n) is 4.08. The summed E-state index contributed by atoms with van der Waals surface area (Å²) in [6.45, 7) is 9.00. The van der Waals surface area contributed by atoms with Crippen LogP contribution in [0.2, 0.25) is 0 Å². The van der Waals surface area contributed by atoms with Gasteiger partial charge < -0.3 is 0 Å². The lowest BCUT2D eigenvalue weighted by atomic mass is 9.84. The molecule has 0 atom stereocenters. The molecule has 0 radical (unpaired) electrons. The van der Waals surface area contributed by atoms with E-state index in [0.717, 1.165) is 0 Å². The SMILES string of the molecule is CC1=C(C)CCC(C2=CC(C)=C(C)CC2)=C1. The van der Waals surface area contributed by atoms with Gasteiger partial charge in [0.2, 0.25) is 0 Å². The van der Waals surface area contributed by atoms with Crippen molar-refractivity contribution < 1.29 is 0 Å². The van der Waals surface area contributed by atoms with Crippen LogP contribution in [-0.2, 0) is 0 Å². The quantitative estimate of drug-likeness (QED) is 0.569. The lowest BCUT2D eigenvalue weighted by molar-refractivity contribution is 0.834. The van der Waals surface area contributed by atoms with Gasteiger partial charge in [-0.25, -0.2) is 0 Å². The predicted octanol–water partition coefficient (Wildman–Crippen LogP) is 5.10. The minimum atomic E-state index is 1.24. The highest BCUT2D eigenvalue weighted by Crippen LogP contribution is 2.34. The van der Waals surface area contributed by atoms with Gasteiger partial charge in [-0.15, -0.1) is 0 Å². The van der Waals surface area contributed by atoms with E-state index < -0.39 is 0 Å². The lowest BCUT2D eigenvalue weighted by Crippen LogP contribution is -2.02. The molecule has 0 aliphatic heterocycles. The van der Waals surface area contributed by atoms with Gasteiger partial charge >= 0.3 is 0 Å². The summed E-state index contributed by atoms with van der Waals surface area (Å²) in [5.74, 6) is 0. The zero-order valence-electron chi connectivity index (χ0n) is 11.0. The first-order valence-corrected chi connectivity index (χ1v) is 6.32. The van der Waals surface area contributed by atoms with E-state index in [1.807, 2.05) is 0 Å². The minimum Gasteiger partial charge on any atom is -0.0701 e. The highest BCUT2D eigenvalue weighted by atomic mass is 14.2. The van der Waals surface area contributed by atoms with Crippen LogP contribution in [0, 0.1) is 0 Å². The average Bonchev–Trinajstić information content (AvgIpc) is 2.26. The van der Waals surface area contributed by atoms with Crippen LogP contribution in [0.5, 0.6) is 0 Å². The second-order valence-electron chi connectivity index (χ2n) is 5.27. The molecule has 16 heavy (non-hydrogen) atoms. The average molecular weight is 214 g/mol. The molecule has 0 saturated carbocycles. The molecule has 0 heteroatoms. The Morgan fingerprint density at radius 3 is 1.31 bits per heavy atom. The smallest absolute Gasteiger partial charge is 0.0239 e. The molecule has 0 amide bonds. The lowest BCUT2D eigenvalue weighted by Gasteiger charge is -2.22. The van der Waals surface area contributed by atoms with Crippen molar-refractivity contribution in [2.75, 3.05) is 0 Å². The largest absolute Gasteiger partial charge is 0.0701 e. The van der Waals surface area contributed by atoms with Crippen molar-refractivity contribution in [2.45, 2.75) is 53.4 Å². The second-order valence-corrected chi connectivity index (χ2v) is 5.27. The zero-order valence-corrected chi connectivity index (χ0v) is 11.0. The van der Waals surface area contributed by atoms with Gasteiger partial charge in [0.15, 0.2) is 0 Å². The van der Waals surface area contributed by atoms with Crippen LogP contribution in [0.15, 0.2) is 45.6 Å². The van der Waals surface area contributed by atoms with Crippen molar-refractivity contribution >= 4 is 0 Å². The maximum atomic E-state index is 2.40. The van der Waals surface area contributed by atoms with E-state index in [4.69, 9.17) is 0 Å². The molecule has 0 bridgehead atoms. The van der Waals surface area contributed by atoms with Crippen LogP contribution < -0.4 is 0 Å². The topological polar surface area (TPSA) is 0 Å². The second kappa shape index (κ2) is 4.45. The van der Waals surface area contributed by atoms with Crippen molar-refractivity contribution in [1.29, 1.82) is 0 Å². The van der Waals surface area contributed by atoms with Crippen molar-refractivity contribution in [3.8, 4) is 0 Å². The van der Waals surface area contributed by atoms with Crippen LogP contribution in [0.4, 0.5) is 0 Å². The molecule has 2 aliphatic carbocycles. The summed E-state index contributed by atoms with van der Waals surface area (Å²) in [6.07, 6.45) is 9.77. The van der Waals surface area contributed by atoms with Crippen LogP contribution >= 0.6 is 0 Å². The van der Waals surface area contributed by atoms with Gasteiger partial charge in [-0.05, 0) is 64.5 Å². The highest BCUT2D eigenvalue weighted by molar-refractivity contribution is 5.46. The normalized spacial score (nSPS) is 22.2. The van der Waals surface area contributed by atoms with Crippen LogP contribution in [0.25, 0.3) is 0 Å². The predicted molar refractivity (Wildman–Crippen MR) is 71.4 cm³/mol. The molecule has 0 spiro atoms. The number of hydrogen-bond acceptors (Lipinski definition) is 0. The fraction of sp³-hybridized carbons (Fsp3) is 0.500. The van der Waals surface area contributed by atoms with E-state index >= 15 is 0 Å². The van der Waals surface area contributed by atoms with Gasteiger partial charge in [-0.3, -0.25) is 0 Å². The van der Waals surface area contributed by atoms with Gasteiger partial charge in [0.05, 0.1) is 0 Å². The molecule has 0 N–H and O–H groups in total. The van der Waals surface area contributed by atoms with Crippen LogP contribution in [0.1, 0.15) is 53.4 Å². The first-order valence-electron chi connectivity index (χ1n) is 6.32. The summed E-state index contributed by atoms with van der Waals surface area (Å²) in [5, 5.41) is 0. The Bertz CT molecular complexity index is 383. The molecular formula is C16H22. The Morgan fingerprint density at radius 1 is 0.625 bits per heavy atom. The van der Waals surface area contributed by atoms with E-state index in [-0.39, 0.29) is 0 Å². The van der Waals surface area contributed by atoms with E-state index in [0.29, 0.717) is 0 Å². The molecule has 0 aromatic carbocycles. The number of rotatable bonds is 1. The van der Waals surface area contributed by atoms with Crippen molar-refractivity contribution in [2.24, 2.45) is 0 Å². The summed E-state index contributed by atoms with van der Waals surface area (Å²) in [5.41, 5.74) is 9.23. The Morgan fingerprint density at radius 2 is 1.00 bits per heavy atom. The molecule has 0 aromatic rings. The number of allylic oxidation sites excluding steroid dienone is 8. The van der Waals surface area contributed by atoms with E-state index in [1.165, 1.54) is 36.8 Å². The standard InChI is InChI=1S/C16H22/c1-11-5-7-15(9-13(11)3)16-8-6-12(2)14(4)10-16/h9-10H,5-8H2,1-4H3. The summed E-state index contributed by atoms with van der Waals surface area (Å²) in [4.78, 5) is 0. The fourth-order valence-corrected chi connectivity index (χ4v) is 2.46. The van der Waals surface area contributed by atoms with E-state index in [1.54, 1.807) is 22.3 Å². The molecule has 0 heterocycles. The maximum absolute atomic E-state index is 2.40. The molecule has 0 unspecified atom stereocenters. The Kier molecular flexibility index (Phi) is 3.18.